The van der Waals surface area contributed by atoms with E-state index < -0.39 is 0 Å². The number of nitrogens with zero attached hydrogens (tertiary/aromatic N) is 1. The fourth-order valence-corrected chi connectivity index (χ4v) is 3.57. The van der Waals surface area contributed by atoms with Gasteiger partial charge in [0, 0.05) is 17.3 Å². The van der Waals surface area contributed by atoms with Crippen molar-refractivity contribution in [2.24, 2.45) is 0 Å². The van der Waals surface area contributed by atoms with Gasteiger partial charge in [-0.1, -0.05) is 18.2 Å². The average Bonchev–Trinajstić information content (AvgIpc) is 2.96. The van der Waals surface area contributed by atoms with Gasteiger partial charge >= 0.3 is 0 Å². The number of methoxy groups -OCH3 is 2. The average molecular weight is 354 g/mol. The number of benzene rings is 2. The Morgan fingerprint density at radius 2 is 2.00 bits per heavy atom. The van der Waals surface area contributed by atoms with Gasteiger partial charge in [0.1, 0.15) is 11.5 Å². The van der Waals surface area contributed by atoms with E-state index in [0.717, 1.165) is 29.2 Å². The van der Waals surface area contributed by atoms with Gasteiger partial charge in [0.15, 0.2) is 0 Å². The molecular weight excluding hydrogens is 328 g/mol. The van der Waals surface area contributed by atoms with Crippen LogP contribution in [0.25, 0.3) is 0 Å². The van der Waals surface area contributed by atoms with Crippen LogP contribution < -0.4 is 19.7 Å². The highest BCUT2D eigenvalue weighted by molar-refractivity contribution is 5.83. The fourth-order valence-electron chi connectivity index (χ4n) is 3.57. The normalized spacial score (nSPS) is 16.8. The lowest BCUT2D eigenvalue weighted by atomic mass is 10.1. The van der Waals surface area contributed by atoms with Crippen LogP contribution in [0.15, 0.2) is 42.5 Å². The maximum Gasteiger partial charge on any atom is 0.240 e. The second-order valence-electron chi connectivity index (χ2n) is 6.71. The number of fused-ring (bicyclic) bond motifs is 1. The summed E-state index contributed by atoms with van der Waals surface area (Å²) in [4.78, 5) is 14.8. The molecule has 0 radical (unpaired) electrons. The SMILES string of the molecule is COc1ccc(OC)c(C(C)NC(=O)CN2c3ccccc3CC2C)c1. The van der Waals surface area contributed by atoms with Crippen molar-refractivity contribution >= 4 is 11.6 Å². The number of hydrogen-bond acceptors (Lipinski definition) is 4. The van der Waals surface area contributed by atoms with Gasteiger partial charge in [-0.15, -0.1) is 0 Å². The molecule has 0 aliphatic carbocycles. The summed E-state index contributed by atoms with van der Waals surface area (Å²) in [5.74, 6) is 1.47. The minimum Gasteiger partial charge on any atom is -0.497 e. The maximum atomic E-state index is 12.7. The van der Waals surface area contributed by atoms with Crippen LogP contribution in [0.2, 0.25) is 0 Å². The summed E-state index contributed by atoms with van der Waals surface area (Å²) in [6.45, 7) is 4.45. The first-order valence-corrected chi connectivity index (χ1v) is 8.89. The number of carbonyl (C=O) groups excluding carboxylic acids is 1. The molecule has 2 aromatic carbocycles. The molecule has 0 spiro atoms. The zero-order valence-electron chi connectivity index (χ0n) is 15.8. The van der Waals surface area contributed by atoms with Gasteiger partial charge in [0.25, 0.3) is 0 Å². The first-order chi connectivity index (χ1) is 12.5. The van der Waals surface area contributed by atoms with Crippen LogP contribution >= 0.6 is 0 Å². The maximum absolute atomic E-state index is 12.7. The lowest BCUT2D eigenvalue weighted by Gasteiger charge is -2.25. The standard InChI is InChI=1S/C21H26N2O3/c1-14-11-16-7-5-6-8-19(16)23(14)13-21(24)22-15(2)18-12-17(25-3)9-10-20(18)26-4/h5-10,12,14-15H,11,13H2,1-4H3,(H,22,24). The van der Waals surface area contributed by atoms with Gasteiger partial charge in [-0.25, -0.2) is 0 Å². The highest BCUT2D eigenvalue weighted by Crippen LogP contribution is 2.32. The first-order valence-electron chi connectivity index (χ1n) is 8.89. The summed E-state index contributed by atoms with van der Waals surface area (Å²) in [6.07, 6.45) is 0.975. The summed E-state index contributed by atoms with van der Waals surface area (Å²) in [7, 11) is 3.25. The van der Waals surface area contributed by atoms with E-state index in [1.807, 2.05) is 37.3 Å². The summed E-state index contributed by atoms with van der Waals surface area (Å²) in [5.41, 5.74) is 3.35. The van der Waals surface area contributed by atoms with E-state index in [2.05, 4.69) is 29.3 Å². The topological polar surface area (TPSA) is 50.8 Å². The molecule has 0 aromatic heterocycles. The molecule has 5 nitrogen and oxygen atoms in total. The van der Waals surface area contributed by atoms with Crippen LogP contribution in [-0.4, -0.2) is 32.7 Å². The molecular formula is C21H26N2O3. The molecule has 1 amide bonds. The Balaban J connectivity index is 1.71. The molecule has 1 aliphatic heterocycles. The van der Waals surface area contributed by atoms with Gasteiger partial charge in [-0.2, -0.15) is 0 Å². The minimum atomic E-state index is -0.180. The van der Waals surface area contributed by atoms with Crippen LogP contribution in [0.3, 0.4) is 0 Å². The summed E-state index contributed by atoms with van der Waals surface area (Å²) in [6, 6.07) is 14.0. The first kappa shape index (κ1) is 18.1. The van der Waals surface area contributed by atoms with E-state index in [1.54, 1.807) is 14.2 Å². The Labute approximate surface area is 154 Å². The molecule has 2 unspecified atom stereocenters. The van der Waals surface area contributed by atoms with Crippen molar-refractivity contribution in [3.63, 3.8) is 0 Å². The third-order valence-electron chi connectivity index (χ3n) is 4.94. The predicted molar refractivity (Wildman–Crippen MR) is 103 cm³/mol. The number of anilines is 1. The largest absolute Gasteiger partial charge is 0.497 e. The molecule has 2 atom stereocenters. The quantitative estimate of drug-likeness (QED) is 0.864. The highest BCUT2D eigenvalue weighted by atomic mass is 16.5. The lowest BCUT2D eigenvalue weighted by molar-refractivity contribution is -0.120. The second kappa shape index (κ2) is 7.68. The van der Waals surface area contributed by atoms with E-state index in [9.17, 15) is 4.79 Å². The predicted octanol–water partition coefficient (Wildman–Crippen LogP) is 3.33. The number of rotatable bonds is 6. The molecule has 1 heterocycles. The molecule has 5 heteroatoms. The van der Waals surface area contributed by atoms with Gasteiger partial charge in [-0.05, 0) is 50.1 Å². The summed E-state index contributed by atoms with van der Waals surface area (Å²) < 4.78 is 10.7. The zero-order chi connectivity index (χ0) is 18.7. The van der Waals surface area contributed by atoms with Crippen molar-refractivity contribution in [3.05, 3.63) is 53.6 Å². The second-order valence-corrected chi connectivity index (χ2v) is 6.71. The molecule has 0 saturated heterocycles. The number of ether oxygens (including phenoxy) is 2. The number of hydrogen-bond donors (Lipinski definition) is 1. The molecule has 138 valence electrons. The zero-order valence-corrected chi connectivity index (χ0v) is 15.8. The highest BCUT2D eigenvalue weighted by Gasteiger charge is 2.27. The van der Waals surface area contributed by atoms with Crippen molar-refractivity contribution in [2.45, 2.75) is 32.4 Å². The van der Waals surface area contributed by atoms with E-state index in [1.165, 1.54) is 5.56 Å². The molecule has 2 aromatic rings. The number of nitrogens with one attached hydrogen (secondary N) is 1. The number of amides is 1. The third-order valence-corrected chi connectivity index (χ3v) is 4.94. The minimum absolute atomic E-state index is 0.00840. The van der Waals surface area contributed by atoms with Gasteiger partial charge in [0.2, 0.25) is 5.91 Å². The van der Waals surface area contributed by atoms with E-state index in [4.69, 9.17) is 9.47 Å². The van der Waals surface area contributed by atoms with Gasteiger partial charge in [-0.3, -0.25) is 4.79 Å². The van der Waals surface area contributed by atoms with Crippen molar-refractivity contribution in [2.75, 3.05) is 25.7 Å². The monoisotopic (exact) mass is 354 g/mol. The van der Waals surface area contributed by atoms with E-state index in [-0.39, 0.29) is 11.9 Å². The van der Waals surface area contributed by atoms with Crippen LogP contribution in [-0.2, 0) is 11.2 Å². The summed E-state index contributed by atoms with van der Waals surface area (Å²) >= 11 is 0. The Morgan fingerprint density at radius 1 is 1.23 bits per heavy atom. The smallest absolute Gasteiger partial charge is 0.240 e. The lowest BCUT2D eigenvalue weighted by Crippen LogP contribution is -2.41. The van der Waals surface area contributed by atoms with Crippen molar-refractivity contribution in [1.82, 2.24) is 5.32 Å². The van der Waals surface area contributed by atoms with E-state index >= 15 is 0 Å². The Hall–Kier alpha value is -2.69. The van der Waals surface area contributed by atoms with Crippen molar-refractivity contribution in [1.29, 1.82) is 0 Å². The number of carbonyl (C=O) groups is 1. The van der Waals surface area contributed by atoms with Gasteiger partial charge < -0.3 is 19.7 Å². The molecule has 3 rings (SSSR count). The van der Waals surface area contributed by atoms with Crippen LogP contribution in [0.1, 0.15) is 31.0 Å². The van der Waals surface area contributed by atoms with E-state index in [0.29, 0.717) is 12.6 Å². The fraction of sp³-hybridized carbons (Fsp3) is 0.381. The molecule has 0 bridgehead atoms. The Morgan fingerprint density at radius 3 is 2.73 bits per heavy atom. The van der Waals surface area contributed by atoms with Crippen LogP contribution in [0.4, 0.5) is 5.69 Å². The molecule has 0 saturated carbocycles. The molecule has 1 aliphatic rings. The van der Waals surface area contributed by atoms with Crippen LogP contribution in [0.5, 0.6) is 11.5 Å². The van der Waals surface area contributed by atoms with Crippen molar-refractivity contribution < 1.29 is 14.3 Å². The Bertz CT molecular complexity index is 791. The number of para-hydroxylation sites is 1. The molecule has 1 N–H and O–H groups in total. The third kappa shape index (κ3) is 3.62. The molecule has 0 fully saturated rings. The van der Waals surface area contributed by atoms with Gasteiger partial charge in [0.05, 0.1) is 26.8 Å². The van der Waals surface area contributed by atoms with Crippen LogP contribution in [0, 0.1) is 0 Å². The summed E-state index contributed by atoms with van der Waals surface area (Å²) in [5, 5.41) is 3.08. The van der Waals surface area contributed by atoms with Crippen molar-refractivity contribution in [3.8, 4) is 11.5 Å². The molecule has 26 heavy (non-hydrogen) atoms. The Kier molecular flexibility index (Phi) is 5.35.